The van der Waals surface area contributed by atoms with Crippen molar-refractivity contribution in [2.45, 2.75) is 6.92 Å². The molecule has 0 radical (unpaired) electrons. The first-order valence-electron chi connectivity index (χ1n) is 6.05. The molecule has 0 aliphatic rings. The molecule has 2 rings (SSSR count). The van der Waals surface area contributed by atoms with Crippen LogP contribution in [0.1, 0.15) is 26.3 Å². The molecule has 0 saturated heterocycles. The second kappa shape index (κ2) is 5.44. The first-order chi connectivity index (χ1) is 9.49. The summed E-state index contributed by atoms with van der Waals surface area (Å²) in [4.78, 5) is 23.3. The molecule has 0 unspecified atom stereocenters. The van der Waals surface area contributed by atoms with Crippen molar-refractivity contribution >= 4 is 23.2 Å². The van der Waals surface area contributed by atoms with E-state index >= 15 is 0 Å². The van der Waals surface area contributed by atoms with Gasteiger partial charge in [-0.05, 0) is 36.8 Å². The van der Waals surface area contributed by atoms with Crippen LogP contribution >= 0.6 is 0 Å². The zero-order valence-electron chi connectivity index (χ0n) is 11.0. The molecular formula is C15H15N3O2. The zero-order valence-corrected chi connectivity index (χ0v) is 11.0. The predicted molar refractivity (Wildman–Crippen MR) is 78.5 cm³/mol. The Morgan fingerprint density at radius 1 is 1.10 bits per heavy atom. The number of nitrogens with one attached hydrogen (secondary N) is 1. The molecule has 0 fully saturated rings. The summed E-state index contributed by atoms with van der Waals surface area (Å²) in [5.74, 6) is -0.868. The number of hydrogen-bond acceptors (Lipinski definition) is 3. The number of nitrogen functional groups attached to an aromatic ring is 1. The SMILES string of the molecule is Cc1ccc(C(N)=O)cc1NC(=O)c1ccccc1N. The molecule has 2 aromatic rings. The van der Waals surface area contributed by atoms with E-state index in [2.05, 4.69) is 5.32 Å². The fraction of sp³-hybridized carbons (Fsp3) is 0.0667. The van der Waals surface area contributed by atoms with Gasteiger partial charge in [0.25, 0.3) is 5.91 Å². The summed E-state index contributed by atoms with van der Waals surface area (Å²) >= 11 is 0. The van der Waals surface area contributed by atoms with E-state index in [1.54, 1.807) is 42.5 Å². The van der Waals surface area contributed by atoms with Crippen molar-refractivity contribution in [2.24, 2.45) is 5.73 Å². The number of primary amides is 1. The van der Waals surface area contributed by atoms with E-state index in [1.165, 1.54) is 0 Å². The Hall–Kier alpha value is -2.82. The lowest BCUT2D eigenvalue weighted by Crippen LogP contribution is -2.16. The summed E-state index contributed by atoms with van der Waals surface area (Å²) in [6.45, 7) is 1.83. The van der Waals surface area contributed by atoms with Crippen molar-refractivity contribution in [3.8, 4) is 0 Å². The molecule has 20 heavy (non-hydrogen) atoms. The summed E-state index contributed by atoms with van der Waals surface area (Å²) in [5.41, 5.74) is 13.5. The maximum atomic E-state index is 12.2. The Morgan fingerprint density at radius 3 is 2.45 bits per heavy atom. The number of benzene rings is 2. The van der Waals surface area contributed by atoms with E-state index in [-0.39, 0.29) is 5.91 Å². The monoisotopic (exact) mass is 269 g/mol. The second-order valence-corrected chi connectivity index (χ2v) is 4.44. The molecule has 0 spiro atoms. The third-order valence-electron chi connectivity index (χ3n) is 2.98. The van der Waals surface area contributed by atoms with E-state index in [0.29, 0.717) is 22.5 Å². The van der Waals surface area contributed by atoms with Crippen LogP contribution in [0.5, 0.6) is 0 Å². The molecule has 0 saturated carbocycles. The standard InChI is InChI=1S/C15H15N3O2/c1-9-6-7-10(14(17)19)8-13(9)18-15(20)11-4-2-3-5-12(11)16/h2-8H,16H2,1H3,(H2,17,19)(H,18,20). The summed E-state index contributed by atoms with van der Waals surface area (Å²) in [7, 11) is 0. The molecule has 0 aliphatic carbocycles. The lowest BCUT2D eigenvalue weighted by molar-refractivity contribution is 0.0996. The Balaban J connectivity index is 2.30. The van der Waals surface area contributed by atoms with E-state index in [1.807, 2.05) is 6.92 Å². The van der Waals surface area contributed by atoms with Gasteiger partial charge in [0.05, 0.1) is 5.56 Å². The van der Waals surface area contributed by atoms with Crippen molar-refractivity contribution in [3.63, 3.8) is 0 Å². The van der Waals surface area contributed by atoms with Crippen LogP contribution in [0, 0.1) is 6.92 Å². The van der Waals surface area contributed by atoms with Crippen molar-refractivity contribution in [1.82, 2.24) is 0 Å². The van der Waals surface area contributed by atoms with Crippen molar-refractivity contribution in [2.75, 3.05) is 11.1 Å². The van der Waals surface area contributed by atoms with E-state index in [4.69, 9.17) is 11.5 Å². The summed E-state index contributed by atoms with van der Waals surface area (Å²) in [6.07, 6.45) is 0. The number of anilines is 2. The smallest absolute Gasteiger partial charge is 0.257 e. The molecule has 0 aliphatic heterocycles. The number of carbonyl (C=O) groups excluding carboxylic acids is 2. The van der Waals surface area contributed by atoms with Gasteiger partial charge in [-0.15, -0.1) is 0 Å². The first kappa shape index (κ1) is 13.6. The molecule has 2 aromatic carbocycles. The summed E-state index contributed by atoms with van der Waals surface area (Å²) < 4.78 is 0. The number of rotatable bonds is 3. The molecule has 102 valence electrons. The third-order valence-corrected chi connectivity index (χ3v) is 2.98. The lowest BCUT2D eigenvalue weighted by atomic mass is 10.1. The number of carbonyl (C=O) groups is 2. The molecule has 5 nitrogen and oxygen atoms in total. The van der Waals surface area contributed by atoms with E-state index in [9.17, 15) is 9.59 Å². The van der Waals surface area contributed by atoms with Crippen molar-refractivity contribution in [3.05, 3.63) is 59.2 Å². The van der Waals surface area contributed by atoms with Gasteiger partial charge < -0.3 is 16.8 Å². The molecule has 0 aromatic heterocycles. The number of nitrogens with two attached hydrogens (primary N) is 2. The normalized spacial score (nSPS) is 10.1. The minimum absolute atomic E-state index is 0.326. The third kappa shape index (κ3) is 2.77. The molecule has 5 N–H and O–H groups in total. The van der Waals surface area contributed by atoms with E-state index < -0.39 is 5.91 Å². The number of aryl methyl sites for hydroxylation is 1. The minimum Gasteiger partial charge on any atom is -0.398 e. The molecule has 5 heteroatoms. The van der Waals surface area contributed by atoms with Crippen molar-refractivity contribution < 1.29 is 9.59 Å². The second-order valence-electron chi connectivity index (χ2n) is 4.44. The Morgan fingerprint density at radius 2 is 1.80 bits per heavy atom. The maximum absolute atomic E-state index is 12.2. The topological polar surface area (TPSA) is 98.2 Å². The number of amides is 2. The van der Waals surface area contributed by atoms with Gasteiger partial charge in [-0.2, -0.15) is 0 Å². The largest absolute Gasteiger partial charge is 0.398 e. The number of para-hydroxylation sites is 1. The van der Waals surface area contributed by atoms with Gasteiger partial charge in [0.15, 0.2) is 0 Å². The van der Waals surface area contributed by atoms with Gasteiger partial charge in [-0.25, -0.2) is 0 Å². The fourth-order valence-corrected chi connectivity index (χ4v) is 1.80. The molecule has 0 bridgehead atoms. The Bertz CT molecular complexity index is 681. The Labute approximate surface area is 116 Å². The highest BCUT2D eigenvalue weighted by atomic mass is 16.2. The quantitative estimate of drug-likeness (QED) is 0.742. The molecule has 2 amide bonds. The van der Waals surface area contributed by atoms with Crippen LogP contribution in [0.15, 0.2) is 42.5 Å². The van der Waals surface area contributed by atoms with Crippen LogP contribution < -0.4 is 16.8 Å². The zero-order chi connectivity index (χ0) is 14.7. The van der Waals surface area contributed by atoms with Crippen LogP contribution in [0.2, 0.25) is 0 Å². The van der Waals surface area contributed by atoms with Crippen LogP contribution in [0.25, 0.3) is 0 Å². The average molecular weight is 269 g/mol. The van der Waals surface area contributed by atoms with Gasteiger partial charge in [0, 0.05) is 16.9 Å². The van der Waals surface area contributed by atoms with Crippen LogP contribution in [-0.4, -0.2) is 11.8 Å². The average Bonchev–Trinajstić information content (AvgIpc) is 2.41. The van der Waals surface area contributed by atoms with Crippen LogP contribution in [0.3, 0.4) is 0 Å². The lowest BCUT2D eigenvalue weighted by Gasteiger charge is -2.10. The predicted octanol–water partition coefficient (Wildman–Crippen LogP) is 1.93. The van der Waals surface area contributed by atoms with Crippen LogP contribution in [0.4, 0.5) is 11.4 Å². The molecular weight excluding hydrogens is 254 g/mol. The summed E-state index contributed by atoms with van der Waals surface area (Å²) in [6, 6.07) is 11.7. The van der Waals surface area contributed by atoms with Gasteiger partial charge in [0.1, 0.15) is 0 Å². The fourth-order valence-electron chi connectivity index (χ4n) is 1.80. The Kier molecular flexibility index (Phi) is 3.70. The highest BCUT2D eigenvalue weighted by molar-refractivity contribution is 6.08. The number of hydrogen-bond donors (Lipinski definition) is 3. The molecule has 0 heterocycles. The first-order valence-corrected chi connectivity index (χ1v) is 6.05. The van der Waals surface area contributed by atoms with Crippen molar-refractivity contribution in [1.29, 1.82) is 0 Å². The maximum Gasteiger partial charge on any atom is 0.257 e. The minimum atomic E-state index is -0.542. The van der Waals surface area contributed by atoms with Gasteiger partial charge in [-0.3, -0.25) is 9.59 Å². The van der Waals surface area contributed by atoms with Gasteiger partial charge in [-0.1, -0.05) is 18.2 Å². The van der Waals surface area contributed by atoms with E-state index in [0.717, 1.165) is 5.56 Å². The van der Waals surface area contributed by atoms with Gasteiger partial charge >= 0.3 is 0 Å². The molecule has 0 atom stereocenters. The highest BCUT2D eigenvalue weighted by Crippen LogP contribution is 2.19. The van der Waals surface area contributed by atoms with Crippen LogP contribution in [-0.2, 0) is 0 Å². The van der Waals surface area contributed by atoms with Gasteiger partial charge in [0.2, 0.25) is 5.91 Å². The summed E-state index contributed by atoms with van der Waals surface area (Å²) in [5, 5.41) is 2.74. The highest BCUT2D eigenvalue weighted by Gasteiger charge is 2.11.